The monoisotopic (exact) mass is 340 g/mol. The molecule has 24 heavy (non-hydrogen) atoms. The number of nitrogens with zero attached hydrogens (tertiary/aromatic N) is 1. The van der Waals surface area contributed by atoms with Crippen LogP contribution in [0.25, 0.3) is 0 Å². The minimum atomic E-state index is -1.26. The van der Waals surface area contributed by atoms with Gasteiger partial charge in [0, 0.05) is 12.5 Å². The maximum Gasteiger partial charge on any atom is 0.408 e. The number of nitrogens with one attached hydrogen (secondary N) is 1. The number of carboxylic acid groups (broad SMARTS) is 1. The zero-order valence-electron chi connectivity index (χ0n) is 13.6. The van der Waals surface area contributed by atoms with E-state index in [-0.39, 0.29) is 24.5 Å². The zero-order chi connectivity index (χ0) is 18.3. The first-order valence-corrected chi connectivity index (χ1v) is 7.18. The highest BCUT2D eigenvalue weighted by Crippen LogP contribution is 2.25. The number of carboxylic acids is 1. The van der Waals surface area contributed by atoms with Crippen molar-refractivity contribution >= 4 is 17.7 Å². The topological polar surface area (TPSA) is 128 Å². The summed E-state index contributed by atoms with van der Waals surface area (Å²) in [5, 5.41) is 22.2. The number of ether oxygens (including phenoxy) is 2. The van der Waals surface area contributed by atoms with Crippen LogP contribution in [0.4, 0.5) is 10.5 Å². The van der Waals surface area contributed by atoms with E-state index in [0.717, 1.165) is 0 Å². The van der Waals surface area contributed by atoms with Gasteiger partial charge in [0.25, 0.3) is 0 Å². The fourth-order valence-electron chi connectivity index (χ4n) is 1.72. The molecule has 1 amide bonds. The third-order valence-corrected chi connectivity index (χ3v) is 2.72. The van der Waals surface area contributed by atoms with E-state index in [1.807, 2.05) is 0 Å². The normalized spacial score (nSPS) is 12.1. The summed E-state index contributed by atoms with van der Waals surface area (Å²) in [5.41, 5.74) is -0.974. The minimum absolute atomic E-state index is 0.0314. The summed E-state index contributed by atoms with van der Waals surface area (Å²) < 4.78 is 10.3. The first kappa shape index (κ1) is 19.2. The molecule has 0 unspecified atom stereocenters. The Kier molecular flexibility index (Phi) is 6.51. The van der Waals surface area contributed by atoms with Gasteiger partial charge in [0.1, 0.15) is 11.6 Å². The Labute approximate surface area is 138 Å². The Morgan fingerprint density at radius 2 is 1.96 bits per heavy atom. The second kappa shape index (κ2) is 8.14. The lowest BCUT2D eigenvalue weighted by Gasteiger charge is -2.22. The van der Waals surface area contributed by atoms with Crippen LogP contribution in [0.3, 0.4) is 0 Å². The lowest BCUT2D eigenvalue weighted by atomic mass is 10.2. The number of nitro benzene ring substituents is 1. The number of carbonyl (C=O) groups excluding carboxylic acids is 1. The van der Waals surface area contributed by atoms with Crippen molar-refractivity contribution in [3.8, 4) is 5.75 Å². The second-order valence-electron chi connectivity index (χ2n) is 5.90. The SMILES string of the molecule is CC(C)(C)OC(=O)N[C@@H](CCOc1ccccc1[N+](=O)[O-])C(=O)O. The number of alkyl carbamates (subject to hydrolysis) is 1. The Morgan fingerprint density at radius 3 is 2.50 bits per heavy atom. The van der Waals surface area contributed by atoms with Crippen LogP contribution in [0.2, 0.25) is 0 Å². The van der Waals surface area contributed by atoms with Crippen LogP contribution in [0.5, 0.6) is 5.75 Å². The van der Waals surface area contributed by atoms with Gasteiger partial charge in [-0.3, -0.25) is 10.1 Å². The van der Waals surface area contributed by atoms with Gasteiger partial charge >= 0.3 is 17.7 Å². The van der Waals surface area contributed by atoms with E-state index < -0.39 is 28.6 Å². The predicted octanol–water partition coefficient (Wildman–Crippen LogP) is 2.34. The predicted molar refractivity (Wildman–Crippen MR) is 84.0 cm³/mol. The number of aliphatic carboxylic acids is 1. The molecule has 0 aliphatic rings. The van der Waals surface area contributed by atoms with Crippen LogP contribution < -0.4 is 10.1 Å². The van der Waals surface area contributed by atoms with Crippen molar-refractivity contribution in [1.29, 1.82) is 0 Å². The summed E-state index contributed by atoms with van der Waals surface area (Å²) in [4.78, 5) is 33.1. The van der Waals surface area contributed by atoms with Gasteiger partial charge in [-0.05, 0) is 26.8 Å². The van der Waals surface area contributed by atoms with Crippen molar-refractivity contribution in [2.75, 3.05) is 6.61 Å². The van der Waals surface area contributed by atoms with Crippen molar-refractivity contribution in [3.63, 3.8) is 0 Å². The molecule has 1 aromatic rings. The number of hydrogen-bond acceptors (Lipinski definition) is 6. The van der Waals surface area contributed by atoms with Crippen molar-refractivity contribution in [1.82, 2.24) is 5.32 Å². The van der Waals surface area contributed by atoms with Crippen molar-refractivity contribution < 1.29 is 29.1 Å². The zero-order valence-corrected chi connectivity index (χ0v) is 13.6. The molecule has 0 radical (unpaired) electrons. The highest BCUT2D eigenvalue weighted by atomic mass is 16.6. The molecular weight excluding hydrogens is 320 g/mol. The fourth-order valence-corrected chi connectivity index (χ4v) is 1.72. The summed E-state index contributed by atoms with van der Waals surface area (Å²) in [6, 6.07) is 4.52. The van der Waals surface area contributed by atoms with E-state index in [9.17, 15) is 19.7 Å². The van der Waals surface area contributed by atoms with Gasteiger partial charge in [0.15, 0.2) is 5.75 Å². The minimum Gasteiger partial charge on any atom is -0.487 e. The van der Waals surface area contributed by atoms with E-state index in [0.29, 0.717) is 0 Å². The number of nitro groups is 1. The second-order valence-corrected chi connectivity index (χ2v) is 5.90. The van der Waals surface area contributed by atoms with E-state index in [1.165, 1.54) is 18.2 Å². The number of amides is 1. The third-order valence-electron chi connectivity index (χ3n) is 2.72. The molecule has 9 nitrogen and oxygen atoms in total. The molecule has 0 heterocycles. The average molecular weight is 340 g/mol. The molecule has 0 spiro atoms. The van der Waals surface area contributed by atoms with Crippen LogP contribution >= 0.6 is 0 Å². The lowest BCUT2D eigenvalue weighted by Crippen LogP contribution is -2.44. The molecular formula is C15H20N2O7. The number of rotatable bonds is 7. The van der Waals surface area contributed by atoms with Gasteiger partial charge < -0.3 is 19.9 Å². The van der Waals surface area contributed by atoms with Gasteiger partial charge in [-0.15, -0.1) is 0 Å². The highest BCUT2D eigenvalue weighted by Gasteiger charge is 2.24. The van der Waals surface area contributed by atoms with E-state index in [2.05, 4.69) is 5.32 Å². The Morgan fingerprint density at radius 1 is 1.33 bits per heavy atom. The average Bonchev–Trinajstić information content (AvgIpc) is 2.44. The van der Waals surface area contributed by atoms with Crippen molar-refractivity contribution in [3.05, 3.63) is 34.4 Å². The maximum absolute atomic E-state index is 11.6. The molecule has 0 bridgehead atoms. The van der Waals surface area contributed by atoms with E-state index in [4.69, 9.17) is 14.6 Å². The van der Waals surface area contributed by atoms with Crippen molar-refractivity contribution in [2.45, 2.75) is 38.8 Å². The summed E-state index contributed by atoms with van der Waals surface area (Å²) in [6.07, 6.45) is -0.943. The quantitative estimate of drug-likeness (QED) is 0.576. The van der Waals surface area contributed by atoms with Gasteiger partial charge in [-0.2, -0.15) is 0 Å². The lowest BCUT2D eigenvalue weighted by molar-refractivity contribution is -0.385. The summed E-state index contributed by atoms with van der Waals surface area (Å²) in [6.45, 7) is 4.83. The number of para-hydroxylation sites is 2. The fraction of sp³-hybridized carbons (Fsp3) is 0.467. The highest BCUT2D eigenvalue weighted by molar-refractivity contribution is 5.79. The smallest absolute Gasteiger partial charge is 0.408 e. The molecule has 0 aliphatic carbocycles. The first-order chi connectivity index (χ1) is 11.1. The molecule has 0 aromatic heterocycles. The molecule has 9 heteroatoms. The summed E-state index contributed by atoms with van der Waals surface area (Å²) in [7, 11) is 0. The Bertz CT molecular complexity index is 610. The molecule has 1 atom stereocenters. The summed E-state index contributed by atoms with van der Waals surface area (Å²) in [5.74, 6) is -1.23. The summed E-state index contributed by atoms with van der Waals surface area (Å²) >= 11 is 0. The third kappa shape index (κ3) is 6.51. The van der Waals surface area contributed by atoms with Gasteiger partial charge in [-0.25, -0.2) is 9.59 Å². The van der Waals surface area contributed by atoms with E-state index in [1.54, 1.807) is 26.8 Å². The van der Waals surface area contributed by atoms with Crippen LogP contribution in [-0.2, 0) is 9.53 Å². The standard InChI is InChI=1S/C15H20N2O7/c1-15(2,3)24-14(20)16-10(13(18)19)8-9-23-12-7-5-4-6-11(12)17(21)22/h4-7,10H,8-9H2,1-3H3,(H,16,20)(H,18,19)/t10-/m0/s1. The number of benzene rings is 1. The van der Waals surface area contributed by atoms with E-state index >= 15 is 0 Å². The van der Waals surface area contributed by atoms with Crippen molar-refractivity contribution in [2.24, 2.45) is 0 Å². The Hall–Kier alpha value is -2.84. The molecule has 0 fully saturated rings. The molecule has 0 saturated carbocycles. The molecule has 1 aromatic carbocycles. The van der Waals surface area contributed by atoms with Gasteiger partial charge in [0.05, 0.1) is 11.5 Å². The number of carbonyl (C=O) groups is 2. The first-order valence-electron chi connectivity index (χ1n) is 7.18. The maximum atomic E-state index is 11.6. The largest absolute Gasteiger partial charge is 0.487 e. The molecule has 2 N–H and O–H groups in total. The molecule has 0 aliphatic heterocycles. The van der Waals surface area contributed by atoms with Crippen LogP contribution in [-0.4, -0.2) is 40.3 Å². The molecule has 1 rings (SSSR count). The number of hydrogen-bond donors (Lipinski definition) is 2. The van der Waals surface area contributed by atoms with Gasteiger partial charge in [0.2, 0.25) is 0 Å². The van der Waals surface area contributed by atoms with Crippen LogP contribution in [0, 0.1) is 10.1 Å². The Balaban J connectivity index is 2.61. The van der Waals surface area contributed by atoms with Crippen LogP contribution in [0.15, 0.2) is 24.3 Å². The van der Waals surface area contributed by atoms with Gasteiger partial charge in [-0.1, -0.05) is 12.1 Å². The molecule has 0 saturated heterocycles. The van der Waals surface area contributed by atoms with Crippen LogP contribution in [0.1, 0.15) is 27.2 Å². The molecule has 132 valence electrons.